The molecule has 0 bridgehead atoms. The molecule has 0 atom stereocenters. The van der Waals surface area contributed by atoms with E-state index in [1.165, 1.54) is 10.2 Å². The van der Waals surface area contributed by atoms with Crippen LogP contribution >= 0.6 is 11.6 Å². The second kappa shape index (κ2) is 6.77. The lowest BCUT2D eigenvalue weighted by atomic mass is 10.0. The smallest absolute Gasteiger partial charge is 0.280 e. The summed E-state index contributed by atoms with van der Waals surface area (Å²) in [6.07, 6.45) is 6.88. The number of hydrogen-bond acceptors (Lipinski definition) is 3. The van der Waals surface area contributed by atoms with Crippen molar-refractivity contribution in [2.24, 2.45) is 0 Å². The van der Waals surface area contributed by atoms with E-state index in [4.69, 9.17) is 11.6 Å². The van der Waals surface area contributed by atoms with Crippen molar-refractivity contribution in [1.82, 2.24) is 19.7 Å². The molecule has 0 aliphatic rings. The maximum atomic E-state index is 12.8. The molecule has 0 radical (unpaired) electrons. The van der Waals surface area contributed by atoms with Gasteiger partial charge in [0.25, 0.3) is 5.56 Å². The fourth-order valence-corrected chi connectivity index (χ4v) is 3.24. The monoisotopic (exact) mass is 364 g/mol. The second-order valence-electron chi connectivity index (χ2n) is 6.20. The molecule has 0 fully saturated rings. The van der Waals surface area contributed by atoms with Gasteiger partial charge in [0.05, 0.1) is 16.6 Å². The zero-order valence-electron chi connectivity index (χ0n) is 14.2. The summed E-state index contributed by atoms with van der Waals surface area (Å²) in [4.78, 5) is 21.3. The summed E-state index contributed by atoms with van der Waals surface area (Å²) in [6.45, 7) is 1.97. The van der Waals surface area contributed by atoms with Crippen molar-refractivity contribution in [3.63, 3.8) is 0 Å². The molecule has 1 aromatic carbocycles. The van der Waals surface area contributed by atoms with Gasteiger partial charge in [0.1, 0.15) is 0 Å². The first-order valence-corrected chi connectivity index (χ1v) is 8.75. The van der Waals surface area contributed by atoms with Crippen LogP contribution in [-0.2, 0) is 12.8 Å². The van der Waals surface area contributed by atoms with Gasteiger partial charge < -0.3 is 0 Å². The van der Waals surface area contributed by atoms with E-state index in [1.54, 1.807) is 30.7 Å². The van der Waals surface area contributed by atoms with Crippen LogP contribution in [0.1, 0.15) is 16.8 Å². The number of aromatic nitrogens is 4. The number of aromatic amines is 1. The molecule has 26 heavy (non-hydrogen) atoms. The van der Waals surface area contributed by atoms with E-state index in [0.29, 0.717) is 10.4 Å². The Bertz CT molecular complexity index is 1110. The van der Waals surface area contributed by atoms with Crippen LogP contribution in [0.5, 0.6) is 0 Å². The molecule has 6 heteroatoms. The van der Waals surface area contributed by atoms with Gasteiger partial charge in [-0.2, -0.15) is 0 Å². The van der Waals surface area contributed by atoms with Crippen LogP contribution in [-0.4, -0.2) is 19.7 Å². The van der Waals surface area contributed by atoms with Crippen LogP contribution in [0.2, 0.25) is 5.02 Å². The summed E-state index contributed by atoms with van der Waals surface area (Å²) in [6, 6.07) is 11.2. The number of pyridine rings is 2. The molecule has 4 rings (SSSR count). The van der Waals surface area contributed by atoms with Gasteiger partial charge >= 0.3 is 0 Å². The zero-order valence-corrected chi connectivity index (χ0v) is 15.0. The number of nitrogens with zero attached hydrogens (tertiary/aromatic N) is 3. The molecule has 0 aliphatic heterocycles. The molecule has 3 heterocycles. The Hall–Kier alpha value is -2.92. The van der Waals surface area contributed by atoms with Gasteiger partial charge in [0, 0.05) is 29.3 Å². The minimum Gasteiger partial charge on any atom is -0.290 e. The number of H-pyrrole nitrogens is 1. The third-order valence-corrected chi connectivity index (χ3v) is 4.80. The quantitative estimate of drug-likeness (QED) is 0.598. The second-order valence-corrected chi connectivity index (χ2v) is 6.63. The fraction of sp³-hybridized carbons (Fsp3) is 0.150. The van der Waals surface area contributed by atoms with Gasteiger partial charge in [-0.15, -0.1) is 0 Å². The third-order valence-electron chi connectivity index (χ3n) is 4.55. The molecule has 130 valence electrons. The predicted molar refractivity (Wildman–Crippen MR) is 103 cm³/mol. The maximum Gasteiger partial charge on any atom is 0.280 e. The molecule has 0 spiro atoms. The molecule has 0 aliphatic carbocycles. The number of benzene rings is 1. The van der Waals surface area contributed by atoms with E-state index in [0.717, 1.165) is 35.3 Å². The number of hydrogen-bond donors (Lipinski definition) is 1. The summed E-state index contributed by atoms with van der Waals surface area (Å²) < 4.78 is 1.54. The molecular formula is C20H17ClN4O. The first kappa shape index (κ1) is 16.5. The zero-order chi connectivity index (χ0) is 18.1. The minimum absolute atomic E-state index is 0.111. The van der Waals surface area contributed by atoms with Crippen molar-refractivity contribution in [2.75, 3.05) is 0 Å². The van der Waals surface area contributed by atoms with Crippen molar-refractivity contribution < 1.29 is 0 Å². The Labute approximate surface area is 155 Å². The summed E-state index contributed by atoms with van der Waals surface area (Å²) in [7, 11) is 0. The SMILES string of the molecule is Cc1ncc2c(=O)n(-c3ccc(Cl)cc3)[nH]c2c1CCc1ccncc1. The topological polar surface area (TPSA) is 63.6 Å². The number of nitrogens with one attached hydrogen (secondary N) is 1. The lowest BCUT2D eigenvalue weighted by Crippen LogP contribution is -2.14. The highest BCUT2D eigenvalue weighted by molar-refractivity contribution is 6.30. The van der Waals surface area contributed by atoms with Crippen LogP contribution in [0.4, 0.5) is 0 Å². The number of rotatable bonds is 4. The minimum atomic E-state index is -0.111. The summed E-state index contributed by atoms with van der Waals surface area (Å²) in [5.74, 6) is 0. The van der Waals surface area contributed by atoms with Crippen LogP contribution in [0, 0.1) is 6.92 Å². The third kappa shape index (κ3) is 3.02. The first-order valence-electron chi connectivity index (χ1n) is 8.37. The van der Waals surface area contributed by atoms with Gasteiger partial charge in [-0.1, -0.05) is 11.6 Å². The largest absolute Gasteiger partial charge is 0.290 e. The van der Waals surface area contributed by atoms with E-state index in [9.17, 15) is 4.79 Å². The molecule has 5 nitrogen and oxygen atoms in total. The van der Waals surface area contributed by atoms with E-state index in [2.05, 4.69) is 15.1 Å². The Balaban J connectivity index is 1.78. The first-order chi connectivity index (χ1) is 12.6. The van der Waals surface area contributed by atoms with Gasteiger partial charge in [-0.3, -0.25) is 19.9 Å². The molecule has 4 aromatic rings. The molecule has 0 unspecified atom stereocenters. The maximum absolute atomic E-state index is 12.8. The van der Waals surface area contributed by atoms with E-state index in [-0.39, 0.29) is 5.56 Å². The summed E-state index contributed by atoms with van der Waals surface area (Å²) in [5.41, 5.74) is 4.66. The lowest BCUT2D eigenvalue weighted by Gasteiger charge is -2.07. The Morgan fingerprint density at radius 2 is 1.81 bits per heavy atom. The Kier molecular flexibility index (Phi) is 4.31. The van der Waals surface area contributed by atoms with Crippen LogP contribution < -0.4 is 5.56 Å². The highest BCUT2D eigenvalue weighted by Gasteiger charge is 2.14. The van der Waals surface area contributed by atoms with Crippen molar-refractivity contribution >= 4 is 22.5 Å². The Morgan fingerprint density at radius 3 is 2.54 bits per heavy atom. The number of fused-ring (bicyclic) bond motifs is 1. The normalized spacial score (nSPS) is 11.2. The molecular weight excluding hydrogens is 348 g/mol. The molecule has 3 aromatic heterocycles. The van der Waals surface area contributed by atoms with E-state index >= 15 is 0 Å². The van der Waals surface area contributed by atoms with Crippen molar-refractivity contribution in [1.29, 1.82) is 0 Å². The fourth-order valence-electron chi connectivity index (χ4n) is 3.12. The average Bonchev–Trinajstić information content (AvgIpc) is 2.99. The van der Waals surface area contributed by atoms with Gasteiger partial charge in [0.15, 0.2) is 0 Å². The molecule has 1 N–H and O–H groups in total. The number of aryl methyl sites for hydroxylation is 3. The molecule has 0 saturated carbocycles. The summed E-state index contributed by atoms with van der Waals surface area (Å²) >= 11 is 5.95. The van der Waals surface area contributed by atoms with E-state index in [1.807, 2.05) is 31.2 Å². The Morgan fingerprint density at radius 1 is 1.08 bits per heavy atom. The van der Waals surface area contributed by atoms with Gasteiger partial charge in [-0.05, 0) is 67.3 Å². The molecule has 0 amide bonds. The van der Waals surface area contributed by atoms with Gasteiger partial charge in [0.2, 0.25) is 0 Å². The van der Waals surface area contributed by atoms with Crippen molar-refractivity contribution in [3.05, 3.63) is 87.2 Å². The van der Waals surface area contributed by atoms with Crippen LogP contribution in [0.3, 0.4) is 0 Å². The van der Waals surface area contributed by atoms with Crippen LogP contribution in [0.15, 0.2) is 59.8 Å². The lowest BCUT2D eigenvalue weighted by molar-refractivity contribution is 0.856. The predicted octanol–water partition coefficient (Wildman–Crippen LogP) is 3.86. The highest BCUT2D eigenvalue weighted by Crippen LogP contribution is 2.20. The van der Waals surface area contributed by atoms with Crippen molar-refractivity contribution in [3.8, 4) is 5.69 Å². The number of halogens is 1. The average molecular weight is 365 g/mol. The van der Waals surface area contributed by atoms with E-state index < -0.39 is 0 Å². The molecule has 0 saturated heterocycles. The summed E-state index contributed by atoms with van der Waals surface area (Å²) in [5, 5.41) is 4.48. The van der Waals surface area contributed by atoms with Crippen molar-refractivity contribution in [2.45, 2.75) is 19.8 Å². The van der Waals surface area contributed by atoms with Crippen LogP contribution in [0.25, 0.3) is 16.6 Å². The standard InChI is InChI=1S/C20H17ClN4O/c1-13-17(7-2-14-8-10-22-11-9-14)19-18(12-23-13)20(26)25(24-19)16-5-3-15(21)4-6-16/h3-6,8-12,24H,2,7H2,1H3. The van der Waals surface area contributed by atoms with Gasteiger partial charge in [-0.25, -0.2) is 4.68 Å². The highest BCUT2D eigenvalue weighted by atomic mass is 35.5.